The predicted molar refractivity (Wildman–Crippen MR) is 70.8 cm³/mol. The maximum atomic E-state index is 12.1. The van der Waals surface area contributed by atoms with Gasteiger partial charge in [-0.25, -0.2) is 4.79 Å². The largest absolute Gasteiger partial charge is 0.401 e. The van der Waals surface area contributed by atoms with Gasteiger partial charge in [0.1, 0.15) is 0 Å². The molecule has 2 heterocycles. The zero-order valence-electron chi connectivity index (χ0n) is 11.3. The Morgan fingerprint density at radius 1 is 1.18 bits per heavy atom. The van der Waals surface area contributed by atoms with Crippen molar-refractivity contribution in [2.24, 2.45) is 0 Å². The number of rotatable bonds is 3. The van der Waals surface area contributed by atoms with Crippen LogP contribution in [0.15, 0.2) is 34.9 Å². The van der Waals surface area contributed by atoms with Crippen LogP contribution in [0.2, 0.25) is 0 Å². The molecule has 1 fully saturated rings. The van der Waals surface area contributed by atoms with Gasteiger partial charge in [-0.2, -0.15) is 0 Å². The van der Waals surface area contributed by atoms with Crippen molar-refractivity contribution >= 4 is 17.8 Å². The highest BCUT2D eigenvalue weighted by Crippen LogP contribution is 2.39. The lowest BCUT2D eigenvalue weighted by Gasteiger charge is -2.10. The van der Waals surface area contributed by atoms with Crippen LogP contribution >= 0.6 is 0 Å². The lowest BCUT2D eigenvalue weighted by atomic mass is 10.1. The summed E-state index contributed by atoms with van der Waals surface area (Å²) in [4.78, 5) is 41.0. The Morgan fingerprint density at radius 3 is 2.41 bits per heavy atom. The van der Waals surface area contributed by atoms with E-state index in [1.807, 2.05) is 0 Å². The number of aromatic nitrogens is 1. The van der Waals surface area contributed by atoms with Crippen LogP contribution in [0.3, 0.4) is 0 Å². The van der Waals surface area contributed by atoms with Crippen LogP contribution in [0.25, 0.3) is 0 Å². The molecule has 7 heteroatoms. The van der Waals surface area contributed by atoms with E-state index in [4.69, 9.17) is 9.36 Å². The molecule has 0 atom stereocenters. The molecule has 0 saturated heterocycles. The van der Waals surface area contributed by atoms with Gasteiger partial charge in [-0.1, -0.05) is 22.4 Å². The van der Waals surface area contributed by atoms with E-state index < -0.39 is 17.8 Å². The van der Waals surface area contributed by atoms with Crippen LogP contribution in [-0.2, 0) is 4.84 Å². The number of hydrogen-bond acceptors (Lipinski definition) is 6. The number of imide groups is 1. The maximum absolute atomic E-state index is 12.1. The van der Waals surface area contributed by atoms with Gasteiger partial charge >= 0.3 is 5.97 Å². The minimum absolute atomic E-state index is 0.126. The number of carbonyl (C=O) groups is 3. The number of carbonyl (C=O) groups excluding carboxylic acids is 3. The molecule has 1 aromatic heterocycles. The maximum Gasteiger partial charge on any atom is 0.401 e. The topological polar surface area (TPSA) is 89.7 Å². The molecule has 1 aliphatic carbocycles. The third-order valence-electron chi connectivity index (χ3n) is 3.66. The normalized spacial score (nSPS) is 16.8. The highest BCUT2D eigenvalue weighted by atomic mass is 16.7. The monoisotopic (exact) mass is 298 g/mol. The molecule has 1 saturated carbocycles. The van der Waals surface area contributed by atoms with Gasteiger partial charge < -0.3 is 9.36 Å². The summed E-state index contributed by atoms with van der Waals surface area (Å²) < 4.78 is 4.91. The van der Waals surface area contributed by atoms with Crippen LogP contribution in [0.4, 0.5) is 0 Å². The van der Waals surface area contributed by atoms with Gasteiger partial charge in [-0.05, 0) is 25.0 Å². The van der Waals surface area contributed by atoms with Crippen LogP contribution in [0, 0.1) is 0 Å². The highest BCUT2D eigenvalue weighted by molar-refractivity contribution is 6.21. The molecular weight excluding hydrogens is 288 g/mol. The Hall–Kier alpha value is -2.96. The van der Waals surface area contributed by atoms with Crippen molar-refractivity contribution in [2.75, 3.05) is 0 Å². The Kier molecular flexibility index (Phi) is 2.62. The van der Waals surface area contributed by atoms with E-state index in [0.717, 1.165) is 12.8 Å². The zero-order valence-corrected chi connectivity index (χ0v) is 11.3. The van der Waals surface area contributed by atoms with Crippen molar-refractivity contribution in [1.82, 2.24) is 10.2 Å². The fraction of sp³-hybridized carbons (Fsp3) is 0.200. The van der Waals surface area contributed by atoms with Crippen LogP contribution < -0.4 is 0 Å². The molecule has 22 heavy (non-hydrogen) atoms. The van der Waals surface area contributed by atoms with Crippen molar-refractivity contribution in [1.29, 1.82) is 0 Å². The number of benzene rings is 1. The average molecular weight is 298 g/mol. The molecule has 2 amide bonds. The molecule has 110 valence electrons. The van der Waals surface area contributed by atoms with E-state index in [1.165, 1.54) is 18.2 Å². The number of amides is 2. The van der Waals surface area contributed by atoms with Gasteiger partial charge in [0, 0.05) is 12.0 Å². The predicted octanol–water partition coefficient (Wildman–Crippen LogP) is 1.92. The second-order valence-corrected chi connectivity index (χ2v) is 5.22. The molecule has 1 aliphatic heterocycles. The van der Waals surface area contributed by atoms with Crippen molar-refractivity contribution in [2.45, 2.75) is 18.8 Å². The van der Waals surface area contributed by atoms with Gasteiger partial charge in [0.15, 0.2) is 0 Å². The lowest BCUT2D eigenvalue weighted by molar-refractivity contribution is -0.0607. The Balaban J connectivity index is 1.55. The Morgan fingerprint density at radius 2 is 1.82 bits per heavy atom. The summed E-state index contributed by atoms with van der Waals surface area (Å²) in [5, 5.41) is 4.24. The SMILES string of the molecule is O=C(ON1C(=O)c2ccccc2C1=O)c1cc(C2CC2)no1. The van der Waals surface area contributed by atoms with E-state index in [2.05, 4.69) is 5.16 Å². The second-order valence-electron chi connectivity index (χ2n) is 5.22. The summed E-state index contributed by atoms with van der Waals surface area (Å²) in [6.45, 7) is 0. The highest BCUT2D eigenvalue weighted by Gasteiger charge is 2.39. The first kappa shape index (κ1) is 12.8. The summed E-state index contributed by atoms with van der Waals surface area (Å²) >= 11 is 0. The van der Waals surface area contributed by atoms with Crippen molar-refractivity contribution in [3.8, 4) is 0 Å². The zero-order chi connectivity index (χ0) is 15.3. The van der Waals surface area contributed by atoms with Gasteiger partial charge in [0.05, 0.1) is 16.8 Å². The van der Waals surface area contributed by atoms with E-state index in [-0.39, 0.29) is 16.9 Å². The van der Waals surface area contributed by atoms with Crippen LogP contribution in [-0.4, -0.2) is 28.0 Å². The molecule has 1 aromatic carbocycles. The van der Waals surface area contributed by atoms with Gasteiger partial charge in [0.2, 0.25) is 5.76 Å². The average Bonchev–Trinajstić information content (AvgIpc) is 3.22. The van der Waals surface area contributed by atoms with E-state index >= 15 is 0 Å². The first-order valence-corrected chi connectivity index (χ1v) is 6.82. The molecule has 4 rings (SSSR count). The van der Waals surface area contributed by atoms with Crippen molar-refractivity contribution in [3.63, 3.8) is 0 Å². The summed E-state index contributed by atoms with van der Waals surface area (Å²) in [5.41, 5.74) is 1.10. The number of nitrogens with zero attached hydrogens (tertiary/aromatic N) is 2. The fourth-order valence-electron chi connectivity index (χ4n) is 2.33. The van der Waals surface area contributed by atoms with Crippen LogP contribution in [0.1, 0.15) is 55.7 Å². The molecule has 0 N–H and O–H groups in total. The molecule has 2 aliphatic rings. The Bertz CT molecular complexity index is 771. The minimum Gasteiger partial charge on any atom is -0.349 e. The number of fused-ring (bicyclic) bond motifs is 1. The molecule has 0 bridgehead atoms. The lowest BCUT2D eigenvalue weighted by Crippen LogP contribution is -2.32. The smallest absolute Gasteiger partial charge is 0.349 e. The molecule has 0 radical (unpaired) electrons. The minimum atomic E-state index is -0.922. The van der Waals surface area contributed by atoms with E-state index in [9.17, 15) is 14.4 Å². The van der Waals surface area contributed by atoms with Gasteiger partial charge in [0.25, 0.3) is 11.8 Å². The van der Waals surface area contributed by atoms with E-state index in [0.29, 0.717) is 16.7 Å². The summed E-state index contributed by atoms with van der Waals surface area (Å²) in [6, 6.07) is 7.76. The second kappa shape index (κ2) is 4.52. The van der Waals surface area contributed by atoms with E-state index in [1.54, 1.807) is 12.1 Å². The molecule has 0 unspecified atom stereocenters. The number of hydrogen-bond donors (Lipinski definition) is 0. The van der Waals surface area contributed by atoms with Gasteiger partial charge in [-0.15, -0.1) is 0 Å². The third-order valence-corrected chi connectivity index (χ3v) is 3.66. The Labute approximate surface area is 124 Å². The quantitative estimate of drug-likeness (QED) is 0.804. The molecule has 2 aromatic rings. The third kappa shape index (κ3) is 1.90. The fourth-order valence-corrected chi connectivity index (χ4v) is 2.33. The van der Waals surface area contributed by atoms with Crippen molar-refractivity contribution < 1.29 is 23.7 Å². The molecular formula is C15H10N2O5. The van der Waals surface area contributed by atoms with Crippen molar-refractivity contribution in [3.05, 3.63) is 52.9 Å². The molecule has 7 nitrogen and oxygen atoms in total. The molecule has 0 spiro atoms. The summed E-state index contributed by atoms with van der Waals surface area (Å²) in [7, 11) is 0. The standard InChI is InChI=1S/C15H10N2O5/c18-13-9-3-1-2-4-10(9)14(19)17(13)22-15(20)12-7-11(16-21-12)8-5-6-8/h1-4,7-8H,5-6H2. The first-order chi connectivity index (χ1) is 10.6. The summed E-state index contributed by atoms with van der Waals surface area (Å²) in [5.74, 6) is -2.07. The van der Waals surface area contributed by atoms with Gasteiger partial charge in [-0.3, -0.25) is 9.59 Å². The number of hydroxylamine groups is 2. The van der Waals surface area contributed by atoms with Crippen LogP contribution in [0.5, 0.6) is 0 Å². The summed E-state index contributed by atoms with van der Waals surface area (Å²) in [6.07, 6.45) is 2.03. The first-order valence-electron chi connectivity index (χ1n) is 6.82.